The molecule has 3 aromatic carbocycles. The number of ether oxygens (including phenoxy) is 5. The number of methoxy groups -OCH3 is 1. The second-order valence-electron chi connectivity index (χ2n) is 13.2. The number of carbonyl (C=O) groups excluding carboxylic acids is 1. The van der Waals surface area contributed by atoms with E-state index in [1.165, 1.54) is 46.1 Å². The van der Waals surface area contributed by atoms with Crippen LogP contribution in [0.2, 0.25) is 0 Å². The molecule has 0 aliphatic carbocycles. The van der Waals surface area contributed by atoms with Crippen LogP contribution in [0.25, 0.3) is 43.5 Å². The van der Waals surface area contributed by atoms with Crippen LogP contribution in [-0.2, 0) is 23.7 Å². The van der Waals surface area contributed by atoms with Gasteiger partial charge in [-0.25, -0.2) is 9.59 Å². The molecular weight excluding hydrogens is 658 g/mol. The molecule has 10 atom stereocenters. The Morgan fingerprint density at radius 2 is 1.62 bits per heavy atom. The van der Waals surface area contributed by atoms with Crippen molar-refractivity contribution in [3.63, 3.8) is 0 Å². The lowest BCUT2D eigenvalue weighted by Gasteiger charge is -2.50. The maximum absolute atomic E-state index is 13.5. The molecule has 50 heavy (non-hydrogen) atoms. The van der Waals surface area contributed by atoms with Crippen molar-refractivity contribution in [1.82, 2.24) is 5.32 Å². The smallest absolute Gasteiger partial charge is 0.348 e. The van der Waals surface area contributed by atoms with E-state index in [-0.39, 0.29) is 49.2 Å². The molecule has 266 valence electrons. The van der Waals surface area contributed by atoms with Crippen LogP contribution in [0.15, 0.2) is 48.8 Å². The van der Waals surface area contributed by atoms with Gasteiger partial charge < -0.3 is 58.3 Å². The van der Waals surface area contributed by atoms with Crippen molar-refractivity contribution in [2.45, 2.75) is 95.5 Å². The summed E-state index contributed by atoms with van der Waals surface area (Å²) >= 11 is 0. The monoisotopic (exact) mass is 695 g/mol. The molecule has 2 saturated heterocycles. The Labute approximate surface area is 283 Å². The maximum atomic E-state index is 13.5. The largest absolute Gasteiger partial charge is 0.506 e. The normalized spacial score (nSPS) is 31.9. The number of aromatic hydroxyl groups is 1. The zero-order chi connectivity index (χ0) is 36.0. The van der Waals surface area contributed by atoms with Crippen molar-refractivity contribution in [2.75, 3.05) is 7.11 Å². The van der Waals surface area contributed by atoms with Gasteiger partial charge in [0.05, 0.1) is 23.0 Å². The number of benzene rings is 3. The van der Waals surface area contributed by atoms with E-state index in [1.54, 1.807) is 26.0 Å². The van der Waals surface area contributed by atoms with Gasteiger partial charge in [0.1, 0.15) is 52.4 Å². The van der Waals surface area contributed by atoms with Gasteiger partial charge in [0.2, 0.25) is 12.2 Å². The predicted molar refractivity (Wildman–Crippen MR) is 176 cm³/mol. The third-order valence-electron chi connectivity index (χ3n) is 9.85. The Kier molecular flexibility index (Phi) is 8.30. The van der Waals surface area contributed by atoms with E-state index in [0.29, 0.717) is 5.56 Å². The zero-order valence-corrected chi connectivity index (χ0v) is 28.0. The van der Waals surface area contributed by atoms with Crippen molar-refractivity contribution in [1.29, 1.82) is 0 Å². The minimum Gasteiger partial charge on any atom is -0.506 e. The molecule has 0 unspecified atom stereocenters. The Bertz CT molecular complexity index is 2240. The molecule has 2 aromatic heterocycles. The number of aryl methyl sites for hydroxylation is 1. The minimum absolute atomic E-state index is 0.000449. The Morgan fingerprint density at radius 3 is 2.32 bits per heavy atom. The molecule has 0 spiro atoms. The molecule has 7 rings (SSSR count). The molecule has 5 aromatic rings. The molecule has 2 fully saturated rings. The van der Waals surface area contributed by atoms with Gasteiger partial charge in [-0.05, 0) is 45.4 Å². The third kappa shape index (κ3) is 5.11. The Hall–Kier alpha value is -4.35. The highest BCUT2D eigenvalue weighted by molar-refractivity contribution is 6.28. The van der Waals surface area contributed by atoms with Crippen LogP contribution >= 0.6 is 0 Å². The van der Waals surface area contributed by atoms with E-state index in [9.17, 15) is 34.8 Å². The summed E-state index contributed by atoms with van der Waals surface area (Å²) in [5.74, 6) is -0.917. The summed E-state index contributed by atoms with van der Waals surface area (Å²) in [5, 5.41) is 48.4. The average molecular weight is 696 g/mol. The maximum Gasteiger partial charge on any atom is 0.348 e. The first-order valence-electron chi connectivity index (χ1n) is 16.1. The number of hydrogen-bond acceptors (Lipinski definition) is 14. The van der Waals surface area contributed by atoms with Crippen molar-refractivity contribution in [2.24, 2.45) is 0 Å². The molecular formula is C35H37NO14. The lowest BCUT2D eigenvalue weighted by Crippen LogP contribution is -2.70. The molecule has 5 N–H and O–H groups in total. The number of hydrogen-bond donors (Lipinski definition) is 5. The number of aliphatic hydroxyl groups is 3. The third-order valence-corrected chi connectivity index (χ3v) is 9.85. The van der Waals surface area contributed by atoms with Gasteiger partial charge in [-0.3, -0.25) is 4.79 Å². The van der Waals surface area contributed by atoms with Crippen molar-refractivity contribution in [3.8, 4) is 11.5 Å². The number of phenolic OH excluding ortho intramolecular Hbond substituents is 1. The molecule has 2 aliphatic heterocycles. The second-order valence-corrected chi connectivity index (χ2v) is 13.2. The molecule has 0 saturated carbocycles. The van der Waals surface area contributed by atoms with E-state index < -0.39 is 83.8 Å². The van der Waals surface area contributed by atoms with E-state index in [4.69, 9.17) is 32.5 Å². The minimum atomic E-state index is -2.06. The van der Waals surface area contributed by atoms with E-state index in [0.717, 1.165) is 0 Å². The highest BCUT2D eigenvalue weighted by Crippen LogP contribution is 2.46. The number of aliphatic hydroxyl groups excluding tert-OH is 2. The quantitative estimate of drug-likeness (QED) is 0.0975. The Balaban J connectivity index is 1.39. The summed E-state index contributed by atoms with van der Waals surface area (Å²) in [6.45, 7) is 7.39. The summed E-state index contributed by atoms with van der Waals surface area (Å²) in [5.41, 5.74) is -2.99. The lowest BCUT2D eigenvalue weighted by atomic mass is 9.86. The number of amides is 1. The summed E-state index contributed by atoms with van der Waals surface area (Å²) in [4.78, 5) is 38.9. The van der Waals surface area contributed by atoms with Gasteiger partial charge in [0.15, 0.2) is 18.0 Å². The van der Waals surface area contributed by atoms with Crippen molar-refractivity contribution >= 4 is 49.4 Å². The molecule has 15 nitrogen and oxygen atoms in total. The second kappa shape index (κ2) is 12.2. The van der Waals surface area contributed by atoms with Crippen LogP contribution in [0.3, 0.4) is 0 Å². The lowest BCUT2D eigenvalue weighted by molar-refractivity contribution is -0.358. The number of nitrogens with one attached hydrogen (secondary N) is 1. The van der Waals surface area contributed by atoms with Gasteiger partial charge >= 0.3 is 11.3 Å². The van der Waals surface area contributed by atoms with Crippen LogP contribution in [0, 0.1) is 6.92 Å². The SMILES string of the molecule is CO[C@H]1[C@@H](O)[C@@H](C)O[C@H](O[C@H]2[C@H](Oc3cccc4c(O)c5c(=O)oc6ccc(C)c7c(=O)oc(c34)c5c67)O[C@H](C)[C@H](O)[C@]2(C)O)[C@@H]1NC(C)=O. The number of phenols is 1. The molecule has 0 radical (unpaired) electrons. The van der Waals surface area contributed by atoms with E-state index in [2.05, 4.69) is 5.32 Å². The van der Waals surface area contributed by atoms with Crippen LogP contribution in [-0.4, -0.2) is 94.3 Å². The molecule has 2 aliphatic rings. The topological polar surface area (TPSA) is 217 Å². The fourth-order valence-corrected chi connectivity index (χ4v) is 7.31. The first-order chi connectivity index (χ1) is 23.6. The van der Waals surface area contributed by atoms with Crippen LogP contribution in [0.4, 0.5) is 0 Å². The molecule has 1 amide bonds. The number of carbonyl (C=O) groups is 1. The van der Waals surface area contributed by atoms with Crippen molar-refractivity contribution < 1.29 is 57.7 Å². The first kappa shape index (κ1) is 34.1. The van der Waals surface area contributed by atoms with Gasteiger partial charge in [0.25, 0.3) is 0 Å². The molecule has 0 bridgehead atoms. The first-order valence-corrected chi connectivity index (χ1v) is 16.1. The fraction of sp³-hybridized carbons (Fsp3) is 0.457. The number of rotatable bonds is 6. The van der Waals surface area contributed by atoms with Gasteiger partial charge in [-0.15, -0.1) is 0 Å². The fourth-order valence-electron chi connectivity index (χ4n) is 7.31. The van der Waals surface area contributed by atoms with Crippen molar-refractivity contribution in [3.05, 3.63) is 56.7 Å². The predicted octanol–water partition coefficient (Wildman–Crippen LogP) is 1.90. The summed E-state index contributed by atoms with van der Waals surface area (Å²) in [7, 11) is 1.35. The zero-order valence-electron chi connectivity index (χ0n) is 28.0. The van der Waals surface area contributed by atoms with E-state index in [1.807, 2.05) is 0 Å². The summed E-state index contributed by atoms with van der Waals surface area (Å²) < 4.78 is 41.7. The van der Waals surface area contributed by atoms with Gasteiger partial charge in [-0.2, -0.15) is 0 Å². The average Bonchev–Trinajstić information content (AvgIpc) is 3.05. The van der Waals surface area contributed by atoms with E-state index >= 15 is 0 Å². The highest BCUT2D eigenvalue weighted by atomic mass is 16.7. The van der Waals surface area contributed by atoms with Crippen LogP contribution in [0.5, 0.6) is 11.5 Å². The summed E-state index contributed by atoms with van der Waals surface area (Å²) in [6.07, 6.45) is -9.85. The van der Waals surface area contributed by atoms with Gasteiger partial charge in [-0.1, -0.05) is 18.2 Å². The summed E-state index contributed by atoms with van der Waals surface area (Å²) in [6, 6.07) is 6.65. The van der Waals surface area contributed by atoms with Crippen LogP contribution in [0.1, 0.15) is 33.3 Å². The molecule has 15 heteroatoms. The van der Waals surface area contributed by atoms with Crippen LogP contribution < -0.4 is 21.3 Å². The molecule has 4 heterocycles. The number of fused-ring (bicyclic) bond motifs is 2. The Morgan fingerprint density at radius 1 is 0.920 bits per heavy atom. The highest BCUT2D eigenvalue weighted by Gasteiger charge is 2.56. The van der Waals surface area contributed by atoms with Gasteiger partial charge in [0, 0.05) is 30.2 Å². The standard InChI is InChI=1S/C35H37NO14/c1-12-10-11-18-21-19(12)31(41)49-27-20-16(26(39)23(22(21)27)32(42)47-18)8-7-9-17(20)48-34-30(35(5,43)29(40)14(3)46-34)50-33-24(36-15(4)37)28(44-6)25(38)13(2)45-33/h7-11,13-14,24-25,28-30,33-34,38-40,43H,1-6H3,(H,36,37)/t13-,14-,24-,25+,28-,29+,30+,33-,34+,35+/m1/s1.